The number of carbonyl (C=O) groups excluding carboxylic acids is 1. The Morgan fingerprint density at radius 3 is 2.88 bits per heavy atom. The standard InChI is InChI=1S/C16H19N5O4S/c1-19-10-18-14-13(19)15(23)21(16(24)20(14)2)8-12(22)17-5-7-26-9-11-4-3-6-25-11/h3-4,6,10H,5,7-9H2,1-2H3,(H,17,22). The number of thioether (sulfide) groups is 1. The molecule has 10 heteroatoms. The van der Waals surface area contributed by atoms with Gasteiger partial charge < -0.3 is 14.3 Å². The van der Waals surface area contributed by atoms with Crippen LogP contribution in [0.2, 0.25) is 0 Å². The van der Waals surface area contributed by atoms with E-state index in [1.54, 1.807) is 25.1 Å². The van der Waals surface area contributed by atoms with E-state index < -0.39 is 11.2 Å². The Hall–Kier alpha value is -2.75. The summed E-state index contributed by atoms with van der Waals surface area (Å²) in [5, 5.41) is 2.72. The zero-order chi connectivity index (χ0) is 18.7. The van der Waals surface area contributed by atoms with Gasteiger partial charge in [-0.15, -0.1) is 0 Å². The summed E-state index contributed by atoms with van der Waals surface area (Å²) in [6.45, 7) is 0.114. The Morgan fingerprint density at radius 1 is 1.35 bits per heavy atom. The van der Waals surface area contributed by atoms with Crippen molar-refractivity contribution >= 4 is 28.8 Å². The van der Waals surface area contributed by atoms with Crippen molar-refractivity contribution in [3.63, 3.8) is 0 Å². The largest absolute Gasteiger partial charge is 0.468 e. The molecule has 1 N–H and O–H groups in total. The Labute approximate surface area is 152 Å². The highest BCUT2D eigenvalue weighted by atomic mass is 32.2. The molecule has 3 rings (SSSR count). The summed E-state index contributed by atoms with van der Waals surface area (Å²) in [5.41, 5.74) is -0.503. The first-order chi connectivity index (χ1) is 12.5. The summed E-state index contributed by atoms with van der Waals surface area (Å²) in [4.78, 5) is 41.0. The van der Waals surface area contributed by atoms with Crippen LogP contribution in [0.1, 0.15) is 5.76 Å². The van der Waals surface area contributed by atoms with E-state index in [0.717, 1.165) is 16.1 Å². The minimum atomic E-state index is -0.566. The number of aromatic nitrogens is 4. The van der Waals surface area contributed by atoms with Crippen LogP contribution in [0.4, 0.5) is 0 Å². The number of nitrogens with one attached hydrogen (secondary N) is 1. The molecule has 0 aliphatic carbocycles. The summed E-state index contributed by atoms with van der Waals surface area (Å²) >= 11 is 1.62. The second-order valence-corrected chi connectivity index (χ2v) is 6.85. The Kier molecular flexibility index (Phi) is 5.31. The lowest BCUT2D eigenvalue weighted by atomic mass is 10.4. The molecule has 3 heterocycles. The Morgan fingerprint density at radius 2 is 2.15 bits per heavy atom. The molecule has 0 radical (unpaired) electrons. The van der Waals surface area contributed by atoms with Gasteiger partial charge in [-0.3, -0.25) is 14.2 Å². The van der Waals surface area contributed by atoms with Gasteiger partial charge in [-0.05, 0) is 12.1 Å². The number of fused-ring (bicyclic) bond motifs is 1. The zero-order valence-electron chi connectivity index (χ0n) is 14.5. The minimum absolute atomic E-state index is 0.286. The van der Waals surface area contributed by atoms with Crippen LogP contribution in [0, 0.1) is 0 Å². The van der Waals surface area contributed by atoms with Gasteiger partial charge in [0.15, 0.2) is 11.2 Å². The van der Waals surface area contributed by atoms with Gasteiger partial charge in [0.2, 0.25) is 5.91 Å². The molecule has 9 nitrogen and oxygen atoms in total. The molecule has 0 aromatic carbocycles. The van der Waals surface area contributed by atoms with Crippen LogP contribution in [0.15, 0.2) is 38.7 Å². The van der Waals surface area contributed by atoms with Gasteiger partial charge >= 0.3 is 5.69 Å². The van der Waals surface area contributed by atoms with Crippen LogP contribution in [0.25, 0.3) is 11.2 Å². The first-order valence-corrected chi connectivity index (χ1v) is 9.12. The molecular formula is C16H19N5O4S. The number of amides is 1. The van der Waals surface area contributed by atoms with Crippen LogP contribution in [0.3, 0.4) is 0 Å². The average molecular weight is 377 g/mol. The minimum Gasteiger partial charge on any atom is -0.468 e. The fourth-order valence-corrected chi connectivity index (χ4v) is 3.32. The lowest BCUT2D eigenvalue weighted by Gasteiger charge is -2.09. The highest BCUT2D eigenvalue weighted by molar-refractivity contribution is 7.98. The van der Waals surface area contributed by atoms with Gasteiger partial charge in [0.05, 0.1) is 18.3 Å². The zero-order valence-corrected chi connectivity index (χ0v) is 15.3. The number of nitrogens with zero attached hydrogens (tertiary/aromatic N) is 4. The number of hydrogen-bond donors (Lipinski definition) is 1. The molecule has 3 aromatic heterocycles. The quantitative estimate of drug-likeness (QED) is 0.585. The fourth-order valence-electron chi connectivity index (χ4n) is 2.57. The maximum atomic E-state index is 12.5. The molecule has 0 spiro atoms. The van der Waals surface area contributed by atoms with E-state index in [2.05, 4.69) is 10.3 Å². The van der Waals surface area contributed by atoms with Crippen LogP contribution in [-0.4, -0.2) is 36.9 Å². The Balaban J connectivity index is 1.61. The number of carbonyl (C=O) groups is 1. The van der Waals surface area contributed by atoms with Crippen molar-refractivity contribution in [2.24, 2.45) is 14.1 Å². The van der Waals surface area contributed by atoms with Crippen molar-refractivity contribution in [3.05, 3.63) is 51.3 Å². The summed E-state index contributed by atoms with van der Waals surface area (Å²) in [6, 6.07) is 3.72. The molecular weight excluding hydrogens is 358 g/mol. The monoisotopic (exact) mass is 377 g/mol. The molecule has 26 heavy (non-hydrogen) atoms. The van der Waals surface area contributed by atoms with Crippen molar-refractivity contribution in [2.45, 2.75) is 12.3 Å². The Bertz CT molecular complexity index is 1030. The van der Waals surface area contributed by atoms with Crippen LogP contribution in [0.5, 0.6) is 0 Å². The molecule has 0 unspecified atom stereocenters. The number of hydrogen-bond acceptors (Lipinski definition) is 6. The van der Waals surface area contributed by atoms with E-state index >= 15 is 0 Å². The van der Waals surface area contributed by atoms with E-state index in [1.807, 2.05) is 12.1 Å². The summed E-state index contributed by atoms with van der Waals surface area (Å²) in [6.07, 6.45) is 3.08. The highest BCUT2D eigenvalue weighted by Crippen LogP contribution is 2.11. The SMILES string of the molecule is Cn1cnc2c1c(=O)n(CC(=O)NCCSCc1ccco1)c(=O)n2C. The molecule has 0 fully saturated rings. The van der Waals surface area contributed by atoms with Crippen LogP contribution < -0.4 is 16.6 Å². The van der Waals surface area contributed by atoms with E-state index in [9.17, 15) is 14.4 Å². The average Bonchev–Trinajstić information content (AvgIpc) is 3.26. The van der Waals surface area contributed by atoms with E-state index in [0.29, 0.717) is 17.9 Å². The second kappa shape index (κ2) is 7.65. The third-order valence-electron chi connectivity index (χ3n) is 3.90. The summed E-state index contributed by atoms with van der Waals surface area (Å²) < 4.78 is 8.96. The van der Waals surface area contributed by atoms with Gasteiger partial charge in [-0.2, -0.15) is 11.8 Å². The van der Waals surface area contributed by atoms with Crippen molar-refractivity contribution in [1.29, 1.82) is 0 Å². The van der Waals surface area contributed by atoms with Crippen molar-refractivity contribution < 1.29 is 9.21 Å². The highest BCUT2D eigenvalue weighted by Gasteiger charge is 2.16. The number of rotatable bonds is 7. The predicted molar refractivity (Wildman–Crippen MR) is 98.1 cm³/mol. The maximum absolute atomic E-state index is 12.5. The van der Waals surface area contributed by atoms with Crippen LogP contribution in [-0.2, 0) is 31.2 Å². The summed E-state index contributed by atoms with van der Waals surface area (Å²) in [7, 11) is 3.19. The van der Waals surface area contributed by atoms with Gasteiger partial charge in [0.1, 0.15) is 12.3 Å². The molecule has 1 amide bonds. The topological polar surface area (TPSA) is 104 Å². The summed E-state index contributed by atoms with van der Waals surface area (Å²) in [5.74, 6) is 1.91. The van der Waals surface area contributed by atoms with E-state index in [-0.39, 0.29) is 18.0 Å². The van der Waals surface area contributed by atoms with Crippen LogP contribution >= 0.6 is 11.8 Å². The predicted octanol–water partition coefficient (Wildman–Crippen LogP) is 0.0763. The third kappa shape index (κ3) is 3.59. The molecule has 3 aromatic rings. The molecule has 0 saturated heterocycles. The van der Waals surface area contributed by atoms with Gasteiger partial charge in [-0.25, -0.2) is 14.3 Å². The maximum Gasteiger partial charge on any atom is 0.332 e. The smallest absolute Gasteiger partial charge is 0.332 e. The van der Waals surface area contributed by atoms with Gasteiger partial charge in [-0.1, -0.05) is 0 Å². The number of furan rings is 1. The van der Waals surface area contributed by atoms with Crippen molar-refractivity contribution in [3.8, 4) is 0 Å². The van der Waals surface area contributed by atoms with E-state index in [4.69, 9.17) is 4.42 Å². The number of aryl methyl sites for hydroxylation is 2. The second-order valence-electron chi connectivity index (χ2n) is 5.74. The van der Waals surface area contributed by atoms with Crippen molar-refractivity contribution in [2.75, 3.05) is 12.3 Å². The normalized spacial score (nSPS) is 11.2. The third-order valence-corrected chi connectivity index (χ3v) is 4.88. The lowest BCUT2D eigenvalue weighted by Crippen LogP contribution is -2.43. The molecule has 0 bridgehead atoms. The first kappa shape index (κ1) is 18.1. The molecule has 0 aliphatic rings. The van der Waals surface area contributed by atoms with E-state index in [1.165, 1.54) is 22.5 Å². The van der Waals surface area contributed by atoms with Gasteiger partial charge in [0, 0.05) is 26.4 Å². The molecule has 0 atom stereocenters. The van der Waals surface area contributed by atoms with Gasteiger partial charge in [0.25, 0.3) is 5.56 Å². The molecule has 0 saturated carbocycles. The lowest BCUT2D eigenvalue weighted by molar-refractivity contribution is -0.121. The number of imidazole rings is 1. The molecule has 138 valence electrons. The van der Waals surface area contributed by atoms with Crippen molar-refractivity contribution in [1.82, 2.24) is 24.0 Å². The first-order valence-electron chi connectivity index (χ1n) is 7.96. The molecule has 0 aliphatic heterocycles. The fraction of sp³-hybridized carbons (Fsp3) is 0.375.